The summed E-state index contributed by atoms with van der Waals surface area (Å²) in [5.74, 6) is 0.296. The third-order valence-corrected chi connectivity index (χ3v) is 4.01. The van der Waals surface area contributed by atoms with Gasteiger partial charge in [0.25, 0.3) is 0 Å². The molecular weight excluding hydrogens is 311 g/mol. The van der Waals surface area contributed by atoms with E-state index in [0.717, 1.165) is 18.3 Å². The maximum Gasteiger partial charge on any atom is 0.416 e. The molecule has 0 radical (unpaired) electrons. The fraction of sp³-hybridized carbons (Fsp3) is 0.600. The second kappa shape index (κ2) is 5.01. The summed E-state index contributed by atoms with van der Waals surface area (Å²) in [6.07, 6.45) is -3.60. The topological polar surface area (TPSA) is 45.7 Å². The van der Waals surface area contributed by atoms with Crippen molar-refractivity contribution in [3.63, 3.8) is 0 Å². The molecule has 2 atom stereocenters. The Morgan fingerprint density at radius 2 is 1.96 bits per heavy atom. The SMILES string of the molecule is CC(C)(C)OC(=O)N1CC2C1CN2c1cc(C(F)(F)F)ccn1. The zero-order valence-electron chi connectivity index (χ0n) is 13.1. The summed E-state index contributed by atoms with van der Waals surface area (Å²) < 4.78 is 43.6. The molecule has 2 saturated heterocycles. The van der Waals surface area contributed by atoms with Crippen molar-refractivity contribution in [3.8, 4) is 0 Å². The summed E-state index contributed by atoms with van der Waals surface area (Å²) in [5, 5.41) is 0. The predicted molar refractivity (Wildman–Crippen MR) is 77.1 cm³/mol. The molecule has 8 heteroatoms. The van der Waals surface area contributed by atoms with Crippen LogP contribution in [-0.2, 0) is 10.9 Å². The summed E-state index contributed by atoms with van der Waals surface area (Å²) >= 11 is 0. The number of carbonyl (C=O) groups excluding carboxylic acids is 1. The van der Waals surface area contributed by atoms with Gasteiger partial charge in [0.2, 0.25) is 0 Å². The van der Waals surface area contributed by atoms with Gasteiger partial charge in [0.1, 0.15) is 11.4 Å². The van der Waals surface area contributed by atoms with Gasteiger partial charge in [-0.2, -0.15) is 13.2 Å². The molecule has 0 bridgehead atoms. The maximum absolute atomic E-state index is 12.8. The number of amides is 1. The van der Waals surface area contributed by atoms with Crippen molar-refractivity contribution < 1.29 is 22.7 Å². The molecule has 1 aromatic rings. The molecule has 2 unspecified atom stereocenters. The van der Waals surface area contributed by atoms with Crippen molar-refractivity contribution in [2.24, 2.45) is 0 Å². The van der Waals surface area contributed by atoms with Gasteiger partial charge in [-0.05, 0) is 32.9 Å². The Morgan fingerprint density at radius 1 is 1.26 bits per heavy atom. The molecule has 2 fully saturated rings. The van der Waals surface area contributed by atoms with E-state index < -0.39 is 17.3 Å². The molecule has 1 aromatic heterocycles. The van der Waals surface area contributed by atoms with E-state index >= 15 is 0 Å². The van der Waals surface area contributed by atoms with E-state index in [1.807, 2.05) is 0 Å². The van der Waals surface area contributed by atoms with Crippen molar-refractivity contribution in [1.82, 2.24) is 9.88 Å². The van der Waals surface area contributed by atoms with Crippen LogP contribution >= 0.6 is 0 Å². The Labute approximate surface area is 132 Å². The highest BCUT2D eigenvalue weighted by molar-refractivity contribution is 5.72. The van der Waals surface area contributed by atoms with E-state index in [1.165, 1.54) is 0 Å². The van der Waals surface area contributed by atoms with Crippen LogP contribution in [-0.4, -0.2) is 46.8 Å². The van der Waals surface area contributed by atoms with Crippen molar-refractivity contribution >= 4 is 11.9 Å². The Hall–Kier alpha value is -1.99. The summed E-state index contributed by atoms with van der Waals surface area (Å²) in [6, 6.07) is 2.00. The lowest BCUT2D eigenvalue weighted by Gasteiger charge is -2.61. The van der Waals surface area contributed by atoms with Crippen LogP contribution in [0.4, 0.5) is 23.8 Å². The molecule has 5 nitrogen and oxygen atoms in total. The van der Waals surface area contributed by atoms with Crippen molar-refractivity contribution in [2.45, 2.75) is 44.6 Å². The average Bonchev–Trinajstić information content (AvgIpc) is 2.38. The molecule has 0 aliphatic carbocycles. The van der Waals surface area contributed by atoms with Gasteiger partial charge in [-0.25, -0.2) is 9.78 Å². The average molecular weight is 329 g/mol. The number of rotatable bonds is 1. The van der Waals surface area contributed by atoms with Crippen molar-refractivity contribution in [3.05, 3.63) is 23.9 Å². The Balaban J connectivity index is 1.63. The molecular formula is C15H18F3N3O2. The number of likely N-dealkylation sites (tertiary alicyclic amines) is 1. The highest BCUT2D eigenvalue weighted by Crippen LogP contribution is 2.39. The minimum atomic E-state index is -4.38. The third kappa shape index (κ3) is 2.94. The third-order valence-electron chi connectivity index (χ3n) is 4.01. The summed E-state index contributed by atoms with van der Waals surface area (Å²) in [6.45, 7) is 6.29. The first-order valence-electron chi connectivity index (χ1n) is 7.36. The first-order chi connectivity index (χ1) is 10.6. The Kier molecular flexibility index (Phi) is 3.46. The molecule has 0 saturated carbocycles. The quantitative estimate of drug-likeness (QED) is 0.795. The van der Waals surface area contributed by atoms with E-state index in [0.29, 0.717) is 18.9 Å². The number of pyridine rings is 1. The number of hydrogen-bond acceptors (Lipinski definition) is 4. The van der Waals surface area contributed by atoms with Gasteiger partial charge in [-0.3, -0.25) is 4.90 Å². The highest BCUT2D eigenvalue weighted by Gasteiger charge is 2.55. The fourth-order valence-corrected chi connectivity index (χ4v) is 2.80. The van der Waals surface area contributed by atoms with E-state index in [4.69, 9.17) is 4.74 Å². The molecule has 126 valence electrons. The molecule has 0 aromatic carbocycles. The Bertz CT molecular complexity index is 627. The number of ether oxygens (including phenoxy) is 1. The first-order valence-corrected chi connectivity index (χ1v) is 7.36. The van der Waals surface area contributed by atoms with Crippen molar-refractivity contribution in [1.29, 1.82) is 0 Å². The van der Waals surface area contributed by atoms with Gasteiger partial charge in [0, 0.05) is 19.3 Å². The molecule has 3 heterocycles. The highest BCUT2D eigenvalue weighted by atomic mass is 19.4. The standard InChI is InChI=1S/C15H18F3N3O2/c1-14(2,3)23-13(22)21-8-10-11(21)7-20(10)12-6-9(4-5-19-12)15(16,17)18/h4-6,10-11H,7-8H2,1-3H3. The number of aromatic nitrogens is 1. The normalized spacial score (nSPS) is 23.7. The summed E-state index contributed by atoms with van der Waals surface area (Å²) in [4.78, 5) is 19.4. The lowest BCUT2D eigenvalue weighted by molar-refractivity contribution is -0.137. The monoisotopic (exact) mass is 329 g/mol. The first kappa shape index (κ1) is 15.9. The van der Waals surface area contributed by atoms with Gasteiger partial charge in [-0.15, -0.1) is 0 Å². The van der Waals surface area contributed by atoms with Gasteiger partial charge in [0.15, 0.2) is 0 Å². The molecule has 2 aliphatic heterocycles. The van der Waals surface area contributed by atoms with Gasteiger partial charge in [0.05, 0.1) is 17.6 Å². The molecule has 0 spiro atoms. The van der Waals surface area contributed by atoms with E-state index in [-0.39, 0.29) is 18.2 Å². The van der Waals surface area contributed by atoms with E-state index in [9.17, 15) is 18.0 Å². The number of carbonyl (C=O) groups is 1. The smallest absolute Gasteiger partial charge is 0.416 e. The summed E-state index contributed by atoms with van der Waals surface area (Å²) in [7, 11) is 0. The van der Waals surface area contributed by atoms with Crippen LogP contribution in [0.2, 0.25) is 0 Å². The van der Waals surface area contributed by atoms with Gasteiger partial charge in [-0.1, -0.05) is 0 Å². The number of nitrogens with zero attached hydrogens (tertiary/aromatic N) is 3. The number of alkyl halides is 3. The number of fused-ring (bicyclic) bond motifs is 1. The summed E-state index contributed by atoms with van der Waals surface area (Å²) in [5.41, 5.74) is -1.27. The zero-order chi connectivity index (χ0) is 17.0. The predicted octanol–water partition coefficient (Wildman–Crippen LogP) is 2.91. The number of hydrogen-bond donors (Lipinski definition) is 0. The number of anilines is 1. The lowest BCUT2D eigenvalue weighted by atomic mass is 9.86. The Morgan fingerprint density at radius 3 is 2.48 bits per heavy atom. The van der Waals surface area contributed by atoms with Gasteiger partial charge >= 0.3 is 12.3 Å². The molecule has 23 heavy (non-hydrogen) atoms. The molecule has 2 aliphatic rings. The fourth-order valence-electron chi connectivity index (χ4n) is 2.80. The minimum Gasteiger partial charge on any atom is -0.444 e. The minimum absolute atomic E-state index is 0.0125. The second-order valence-electron chi connectivity index (χ2n) is 6.82. The number of piperazine rings is 1. The second-order valence-corrected chi connectivity index (χ2v) is 6.82. The lowest BCUT2D eigenvalue weighted by Crippen LogP contribution is -2.80. The van der Waals surface area contributed by atoms with E-state index in [1.54, 1.807) is 30.6 Å². The largest absolute Gasteiger partial charge is 0.444 e. The van der Waals surface area contributed by atoms with Crippen LogP contribution in [0.3, 0.4) is 0 Å². The van der Waals surface area contributed by atoms with E-state index in [2.05, 4.69) is 4.98 Å². The van der Waals surface area contributed by atoms with Gasteiger partial charge < -0.3 is 9.64 Å². The van der Waals surface area contributed by atoms with Crippen LogP contribution in [0.25, 0.3) is 0 Å². The van der Waals surface area contributed by atoms with Crippen LogP contribution in [0.15, 0.2) is 18.3 Å². The molecule has 0 N–H and O–H groups in total. The van der Waals surface area contributed by atoms with Crippen LogP contribution in [0, 0.1) is 0 Å². The molecule has 1 amide bonds. The van der Waals surface area contributed by atoms with Crippen molar-refractivity contribution in [2.75, 3.05) is 18.0 Å². The maximum atomic E-state index is 12.8. The van der Waals surface area contributed by atoms with Crippen LogP contribution in [0.5, 0.6) is 0 Å². The molecule has 3 rings (SSSR count). The zero-order valence-corrected chi connectivity index (χ0v) is 13.1. The van der Waals surface area contributed by atoms with Crippen LogP contribution in [0.1, 0.15) is 26.3 Å². The van der Waals surface area contributed by atoms with Crippen LogP contribution < -0.4 is 4.90 Å². The number of halogens is 3.